The molecule has 0 spiro atoms. The molecule has 2 heterocycles. The predicted octanol–water partition coefficient (Wildman–Crippen LogP) is 2.38. The van der Waals surface area contributed by atoms with E-state index in [1.165, 1.54) is 5.56 Å². The summed E-state index contributed by atoms with van der Waals surface area (Å²) >= 11 is 0. The predicted molar refractivity (Wildman–Crippen MR) is 109 cm³/mol. The third-order valence-corrected chi connectivity index (χ3v) is 6.32. The van der Waals surface area contributed by atoms with Crippen molar-refractivity contribution in [3.05, 3.63) is 42.0 Å². The van der Waals surface area contributed by atoms with Gasteiger partial charge in [0.1, 0.15) is 0 Å². The Morgan fingerprint density at radius 3 is 2.33 bits per heavy atom. The quantitative estimate of drug-likeness (QED) is 0.840. The van der Waals surface area contributed by atoms with Crippen molar-refractivity contribution < 1.29 is 9.31 Å². The van der Waals surface area contributed by atoms with Crippen LogP contribution in [0, 0.1) is 11.2 Å². The van der Waals surface area contributed by atoms with Gasteiger partial charge in [0.15, 0.2) is 0 Å². The highest BCUT2D eigenvalue weighted by Gasteiger charge is 2.51. The first-order chi connectivity index (χ1) is 12.8. The van der Waals surface area contributed by atoms with Gasteiger partial charge in [-0.25, -0.2) is 5.26 Å². The molecule has 2 fully saturated rings. The van der Waals surface area contributed by atoms with Crippen molar-refractivity contribution in [2.24, 2.45) is 4.99 Å². The van der Waals surface area contributed by atoms with Crippen LogP contribution in [-0.2, 0) is 9.31 Å². The van der Waals surface area contributed by atoms with Crippen molar-refractivity contribution in [2.75, 3.05) is 0 Å². The number of nitriles is 1. The van der Waals surface area contributed by atoms with Gasteiger partial charge in [0, 0.05) is 5.97 Å². The molecule has 27 heavy (non-hydrogen) atoms. The molecule has 2 aliphatic heterocycles. The summed E-state index contributed by atoms with van der Waals surface area (Å²) in [5, 5.41) is 12.2. The Morgan fingerprint density at radius 1 is 1.11 bits per heavy atom. The Morgan fingerprint density at radius 2 is 1.74 bits per heavy atom. The molecule has 1 N–H and O–H groups in total. The van der Waals surface area contributed by atoms with E-state index in [4.69, 9.17) is 19.6 Å². The van der Waals surface area contributed by atoms with E-state index < -0.39 is 0 Å². The standard InChI is InChI=1S/C20H25B2N3O2/c1-19(2)20(3,4)27-22(26-19)16-7-5-14(6-8-16)15-11-17(12-15)25-18-21(13-23)9-10-24-18/h5-10,15,17H,11-12H2,1-4H3,(H,24,25). The normalized spacial score (nSPS) is 29.5. The molecular formula is C20H25B2N3O2. The third-order valence-electron chi connectivity index (χ3n) is 6.32. The van der Waals surface area contributed by atoms with Gasteiger partial charge >= 0.3 is 13.8 Å². The van der Waals surface area contributed by atoms with Crippen LogP contribution in [0.1, 0.15) is 52.0 Å². The van der Waals surface area contributed by atoms with E-state index in [0.717, 1.165) is 24.0 Å². The van der Waals surface area contributed by atoms with Gasteiger partial charge < -0.3 is 14.6 Å². The summed E-state index contributed by atoms with van der Waals surface area (Å²) in [5.41, 5.74) is 2.55. The van der Waals surface area contributed by atoms with Crippen LogP contribution in [0.25, 0.3) is 0 Å². The van der Waals surface area contributed by atoms with Crippen LogP contribution < -0.4 is 10.8 Å². The Bertz CT molecular complexity index is 805. The zero-order chi connectivity index (χ0) is 19.2. The second-order valence-corrected chi connectivity index (χ2v) is 8.70. The number of amidine groups is 1. The Labute approximate surface area is 162 Å². The van der Waals surface area contributed by atoms with E-state index in [9.17, 15) is 0 Å². The van der Waals surface area contributed by atoms with Crippen molar-refractivity contribution in [3.8, 4) is 5.97 Å². The minimum atomic E-state index is -0.318. The molecule has 7 heteroatoms. The molecule has 1 aromatic carbocycles. The molecule has 3 aliphatic rings. The second-order valence-electron chi connectivity index (χ2n) is 8.70. The molecule has 0 unspecified atom stereocenters. The number of benzene rings is 1. The van der Waals surface area contributed by atoms with E-state index in [-0.39, 0.29) is 25.0 Å². The smallest absolute Gasteiger partial charge is 0.399 e. The van der Waals surface area contributed by atoms with E-state index in [0.29, 0.717) is 12.0 Å². The number of hydrogen-bond donors (Lipinski definition) is 1. The fourth-order valence-corrected chi connectivity index (χ4v) is 3.70. The number of rotatable bonds is 3. The van der Waals surface area contributed by atoms with Crippen molar-refractivity contribution in [1.29, 1.82) is 5.26 Å². The van der Waals surface area contributed by atoms with Gasteiger partial charge in [0.05, 0.1) is 23.0 Å². The SMILES string of the molecule is CC1(C)OB(c2ccc(C3CC(N=C4NC=CB4C#N)C3)cc2)OC1(C)C. The van der Waals surface area contributed by atoms with Crippen LogP contribution in [0.2, 0.25) is 0 Å². The monoisotopic (exact) mass is 361 g/mol. The molecule has 1 aliphatic carbocycles. The van der Waals surface area contributed by atoms with Crippen molar-refractivity contribution >= 4 is 25.0 Å². The highest BCUT2D eigenvalue weighted by Crippen LogP contribution is 2.39. The molecule has 138 valence electrons. The largest absolute Gasteiger partial charge is 0.494 e. The molecule has 0 amide bonds. The Kier molecular flexibility index (Phi) is 4.44. The first-order valence-electron chi connectivity index (χ1n) is 9.65. The van der Waals surface area contributed by atoms with Crippen molar-refractivity contribution in [2.45, 2.75) is 63.7 Å². The summed E-state index contributed by atoms with van der Waals surface area (Å²) < 4.78 is 12.2. The van der Waals surface area contributed by atoms with Gasteiger partial charge in [-0.1, -0.05) is 30.2 Å². The van der Waals surface area contributed by atoms with Gasteiger partial charge in [-0.3, -0.25) is 4.99 Å². The highest BCUT2D eigenvalue weighted by molar-refractivity contribution is 7.00. The Hall–Kier alpha value is -2.03. The summed E-state index contributed by atoms with van der Waals surface area (Å²) in [5.74, 6) is 4.63. The minimum absolute atomic E-state index is 0.219. The van der Waals surface area contributed by atoms with Crippen LogP contribution in [0.5, 0.6) is 0 Å². The van der Waals surface area contributed by atoms with E-state index in [1.807, 2.05) is 5.98 Å². The molecule has 0 aromatic heterocycles. The third kappa shape index (κ3) is 3.33. The fraction of sp³-hybridized carbons (Fsp3) is 0.500. The molecule has 1 aromatic rings. The topological polar surface area (TPSA) is 66.6 Å². The molecule has 0 bridgehead atoms. The van der Waals surface area contributed by atoms with Gasteiger partial charge in [-0.15, -0.1) is 0 Å². The maximum Gasteiger partial charge on any atom is 0.494 e. The van der Waals surface area contributed by atoms with Crippen LogP contribution in [0.4, 0.5) is 0 Å². The van der Waals surface area contributed by atoms with Crippen LogP contribution in [0.3, 0.4) is 0 Å². The summed E-state index contributed by atoms with van der Waals surface area (Å²) in [6.07, 6.45) is 3.86. The molecular weight excluding hydrogens is 336 g/mol. The lowest BCUT2D eigenvalue weighted by Crippen LogP contribution is -2.41. The van der Waals surface area contributed by atoms with E-state index in [2.05, 4.69) is 63.2 Å². The summed E-state index contributed by atoms with van der Waals surface area (Å²) in [6, 6.07) is 8.90. The maximum atomic E-state index is 9.11. The first kappa shape index (κ1) is 18.3. The fourth-order valence-electron chi connectivity index (χ4n) is 3.70. The zero-order valence-electron chi connectivity index (χ0n) is 16.4. The zero-order valence-corrected chi connectivity index (χ0v) is 16.4. The van der Waals surface area contributed by atoms with E-state index >= 15 is 0 Å². The number of aliphatic imine (C=N–C) groups is 1. The summed E-state index contributed by atoms with van der Waals surface area (Å²) in [4.78, 5) is 4.70. The second kappa shape index (κ2) is 6.54. The van der Waals surface area contributed by atoms with Crippen LogP contribution in [0.15, 0.2) is 41.4 Å². The molecule has 1 saturated heterocycles. The number of nitrogens with one attached hydrogen (secondary N) is 1. The lowest BCUT2D eigenvalue weighted by atomic mass is 9.52. The lowest BCUT2D eigenvalue weighted by Gasteiger charge is -2.33. The first-order valence-corrected chi connectivity index (χ1v) is 9.65. The van der Waals surface area contributed by atoms with Gasteiger partial charge in [-0.2, -0.15) is 0 Å². The summed E-state index contributed by atoms with van der Waals surface area (Å²) in [7, 11) is -0.312. The minimum Gasteiger partial charge on any atom is -0.399 e. The average molecular weight is 361 g/mol. The van der Waals surface area contributed by atoms with Gasteiger partial charge in [0.25, 0.3) is 0 Å². The van der Waals surface area contributed by atoms with Gasteiger partial charge in [-0.05, 0) is 63.7 Å². The molecule has 0 atom stereocenters. The lowest BCUT2D eigenvalue weighted by molar-refractivity contribution is 0.00578. The maximum absolute atomic E-state index is 9.11. The van der Waals surface area contributed by atoms with Crippen molar-refractivity contribution in [1.82, 2.24) is 5.32 Å². The molecule has 4 rings (SSSR count). The Balaban J connectivity index is 1.36. The highest BCUT2D eigenvalue weighted by atomic mass is 16.7. The summed E-state index contributed by atoms with van der Waals surface area (Å²) in [6.45, 7) is 8.07. The van der Waals surface area contributed by atoms with Crippen LogP contribution >= 0.6 is 0 Å². The van der Waals surface area contributed by atoms with Gasteiger partial charge in [0.2, 0.25) is 0 Å². The van der Waals surface area contributed by atoms with Crippen LogP contribution in [-0.4, -0.2) is 36.8 Å². The van der Waals surface area contributed by atoms with E-state index in [1.54, 1.807) is 6.20 Å². The average Bonchev–Trinajstić information content (AvgIpc) is 3.12. The number of hydrogen-bond acceptors (Lipinski definition) is 4. The number of nitrogens with zero attached hydrogens (tertiary/aromatic N) is 2. The van der Waals surface area contributed by atoms with Crippen molar-refractivity contribution in [3.63, 3.8) is 0 Å². The molecule has 1 saturated carbocycles. The molecule has 0 radical (unpaired) electrons. The molecule has 5 nitrogen and oxygen atoms in total.